The van der Waals surface area contributed by atoms with Crippen LogP contribution in [0.2, 0.25) is 0 Å². The van der Waals surface area contributed by atoms with Gasteiger partial charge in [0.1, 0.15) is 17.2 Å². The van der Waals surface area contributed by atoms with Crippen molar-refractivity contribution in [1.29, 1.82) is 0 Å². The van der Waals surface area contributed by atoms with E-state index in [2.05, 4.69) is 17.2 Å². The minimum absolute atomic E-state index is 0.0658. The number of hydrogen-bond acceptors (Lipinski definition) is 5. The molecule has 0 aliphatic carbocycles. The first-order valence-electron chi connectivity index (χ1n) is 10.2. The smallest absolute Gasteiger partial charge is 0.266 e. The van der Waals surface area contributed by atoms with E-state index >= 15 is 0 Å². The molecule has 0 spiro atoms. The Morgan fingerprint density at radius 3 is 2.84 bits per heavy atom. The largest absolute Gasteiger partial charge is 0.341 e. The first-order valence-corrected chi connectivity index (χ1v) is 11.0. The second-order valence-electron chi connectivity index (χ2n) is 7.94. The number of nitrogens with one attached hydrogen (secondary N) is 1. The number of anilines is 1. The fourth-order valence-electron chi connectivity index (χ4n) is 3.89. The fraction of sp³-hybridized carbons (Fsp3) is 0.364. The molecule has 2 amide bonds. The van der Waals surface area contributed by atoms with Crippen molar-refractivity contribution in [3.8, 4) is 0 Å². The maximum atomic E-state index is 13.9. The van der Waals surface area contributed by atoms with Crippen LogP contribution in [0.15, 0.2) is 35.4 Å². The van der Waals surface area contributed by atoms with Crippen LogP contribution in [0.25, 0.3) is 10.2 Å². The molecule has 31 heavy (non-hydrogen) atoms. The van der Waals surface area contributed by atoms with E-state index < -0.39 is 11.7 Å². The summed E-state index contributed by atoms with van der Waals surface area (Å²) >= 11 is 1.07. The van der Waals surface area contributed by atoms with Gasteiger partial charge in [-0.2, -0.15) is 0 Å². The third kappa shape index (κ3) is 4.23. The number of carbonyl (C=O) groups is 2. The normalized spacial score (nSPS) is 16.5. The number of amides is 2. The number of aromatic nitrogens is 2. The van der Waals surface area contributed by atoms with Gasteiger partial charge in [0.2, 0.25) is 5.91 Å². The van der Waals surface area contributed by atoms with Crippen LogP contribution in [0.4, 0.5) is 10.1 Å². The van der Waals surface area contributed by atoms with E-state index in [0.29, 0.717) is 34.8 Å². The Morgan fingerprint density at radius 1 is 1.32 bits per heavy atom. The van der Waals surface area contributed by atoms with E-state index in [9.17, 15) is 18.8 Å². The molecule has 1 N–H and O–H groups in total. The number of benzene rings is 1. The lowest BCUT2D eigenvalue weighted by molar-refractivity contribution is -0.133. The average molecular weight is 443 g/mol. The van der Waals surface area contributed by atoms with Crippen molar-refractivity contribution in [2.75, 3.05) is 18.4 Å². The van der Waals surface area contributed by atoms with Crippen molar-refractivity contribution < 1.29 is 14.0 Å². The Hall–Kier alpha value is -3.07. The predicted molar refractivity (Wildman–Crippen MR) is 118 cm³/mol. The average Bonchev–Trinajstić information content (AvgIpc) is 3.09. The van der Waals surface area contributed by atoms with Gasteiger partial charge in [0.05, 0.1) is 22.3 Å². The monoisotopic (exact) mass is 442 g/mol. The summed E-state index contributed by atoms with van der Waals surface area (Å²) in [7, 11) is 0. The van der Waals surface area contributed by atoms with Crippen LogP contribution < -0.4 is 10.9 Å². The SMILES string of the molecule is Cc1c(C(=O)Nc2ccccc2F)sc2ncn(CC(=O)N3CCCC(C)C3)c(=O)c12. The first-order chi connectivity index (χ1) is 14.8. The van der Waals surface area contributed by atoms with Crippen LogP contribution in [0.5, 0.6) is 0 Å². The number of likely N-dealkylation sites (tertiary alicyclic amines) is 1. The van der Waals surface area contributed by atoms with Gasteiger partial charge in [-0.05, 0) is 43.4 Å². The highest BCUT2D eigenvalue weighted by atomic mass is 32.1. The van der Waals surface area contributed by atoms with Gasteiger partial charge in [0, 0.05) is 13.1 Å². The lowest BCUT2D eigenvalue weighted by Gasteiger charge is -2.31. The van der Waals surface area contributed by atoms with Gasteiger partial charge in [0.25, 0.3) is 11.5 Å². The van der Waals surface area contributed by atoms with Crippen molar-refractivity contribution in [1.82, 2.24) is 14.5 Å². The van der Waals surface area contributed by atoms with E-state index in [1.54, 1.807) is 17.9 Å². The second kappa shape index (κ2) is 8.58. The number of fused-ring (bicyclic) bond motifs is 1. The van der Waals surface area contributed by atoms with E-state index in [-0.39, 0.29) is 28.6 Å². The van der Waals surface area contributed by atoms with Crippen molar-refractivity contribution in [3.05, 3.63) is 57.2 Å². The highest BCUT2D eigenvalue weighted by Gasteiger charge is 2.23. The summed E-state index contributed by atoms with van der Waals surface area (Å²) in [6, 6.07) is 5.88. The Balaban J connectivity index is 1.60. The molecule has 9 heteroatoms. The summed E-state index contributed by atoms with van der Waals surface area (Å²) in [4.78, 5) is 45.2. The van der Waals surface area contributed by atoms with Crippen molar-refractivity contribution in [3.63, 3.8) is 0 Å². The Kier molecular flexibility index (Phi) is 5.86. The van der Waals surface area contributed by atoms with Crippen molar-refractivity contribution in [2.45, 2.75) is 33.2 Å². The lowest BCUT2D eigenvalue weighted by atomic mass is 10.0. The molecule has 1 atom stereocenters. The van der Waals surface area contributed by atoms with Gasteiger partial charge >= 0.3 is 0 Å². The number of hydrogen-bond donors (Lipinski definition) is 1. The molecule has 2 aromatic heterocycles. The molecule has 1 fully saturated rings. The second-order valence-corrected chi connectivity index (χ2v) is 8.93. The van der Waals surface area contributed by atoms with Crippen LogP contribution in [-0.4, -0.2) is 39.4 Å². The molecule has 0 bridgehead atoms. The van der Waals surface area contributed by atoms with Crippen molar-refractivity contribution >= 4 is 39.1 Å². The molecule has 4 rings (SSSR count). The minimum Gasteiger partial charge on any atom is -0.341 e. The number of halogens is 1. The Bertz CT molecular complexity index is 1220. The van der Waals surface area contributed by atoms with Crippen LogP contribution in [-0.2, 0) is 11.3 Å². The molecule has 1 aliphatic heterocycles. The molecule has 1 aliphatic rings. The van der Waals surface area contributed by atoms with Gasteiger partial charge in [-0.25, -0.2) is 9.37 Å². The van der Waals surface area contributed by atoms with Crippen LogP contribution in [0, 0.1) is 18.7 Å². The molecule has 0 radical (unpaired) electrons. The van der Waals surface area contributed by atoms with E-state index in [1.165, 1.54) is 29.1 Å². The van der Waals surface area contributed by atoms with Crippen LogP contribution in [0.3, 0.4) is 0 Å². The summed E-state index contributed by atoms with van der Waals surface area (Å²) in [5.74, 6) is -0.708. The standard InChI is InChI=1S/C22H23FN4O3S/c1-13-6-5-9-26(10-13)17(28)11-27-12-24-21-18(22(27)30)14(2)19(31-21)20(29)25-16-8-4-3-7-15(16)23/h3-4,7-8,12-13H,5-6,9-11H2,1-2H3,(H,25,29). The summed E-state index contributed by atoms with van der Waals surface area (Å²) < 4.78 is 15.2. The zero-order valence-corrected chi connectivity index (χ0v) is 18.2. The fourth-order valence-corrected chi connectivity index (χ4v) is 4.93. The lowest BCUT2D eigenvalue weighted by Crippen LogP contribution is -2.42. The maximum absolute atomic E-state index is 13.9. The number of thiophene rings is 1. The molecule has 162 valence electrons. The van der Waals surface area contributed by atoms with Gasteiger partial charge in [0.15, 0.2) is 0 Å². The third-order valence-corrected chi connectivity index (χ3v) is 6.76. The molecule has 3 aromatic rings. The number of nitrogens with zero attached hydrogens (tertiary/aromatic N) is 3. The minimum atomic E-state index is -0.541. The van der Waals surface area contributed by atoms with Gasteiger partial charge in [-0.15, -0.1) is 11.3 Å². The molecule has 1 saturated heterocycles. The molecule has 1 unspecified atom stereocenters. The molecule has 3 heterocycles. The highest BCUT2D eigenvalue weighted by molar-refractivity contribution is 7.20. The zero-order chi connectivity index (χ0) is 22.1. The van der Waals surface area contributed by atoms with Gasteiger partial charge < -0.3 is 10.2 Å². The van der Waals surface area contributed by atoms with Crippen LogP contribution in [0.1, 0.15) is 35.0 Å². The molecular formula is C22H23FN4O3S. The predicted octanol–water partition coefficient (Wildman–Crippen LogP) is 3.42. The zero-order valence-electron chi connectivity index (χ0n) is 17.4. The third-order valence-electron chi connectivity index (χ3n) is 5.56. The number of carbonyl (C=O) groups excluding carboxylic acids is 2. The maximum Gasteiger partial charge on any atom is 0.266 e. The molecule has 0 saturated carbocycles. The summed E-state index contributed by atoms with van der Waals surface area (Å²) in [6.45, 7) is 5.09. The summed E-state index contributed by atoms with van der Waals surface area (Å²) in [6.07, 6.45) is 3.41. The highest BCUT2D eigenvalue weighted by Crippen LogP contribution is 2.28. The first kappa shape index (κ1) is 21.2. The van der Waals surface area contributed by atoms with Crippen LogP contribution >= 0.6 is 11.3 Å². The number of rotatable bonds is 4. The van der Waals surface area contributed by atoms with E-state index in [1.807, 2.05) is 0 Å². The molecular weight excluding hydrogens is 419 g/mol. The Morgan fingerprint density at radius 2 is 2.10 bits per heavy atom. The number of para-hydroxylation sites is 1. The summed E-state index contributed by atoms with van der Waals surface area (Å²) in [5, 5.41) is 2.85. The van der Waals surface area contributed by atoms with Gasteiger partial charge in [-0.1, -0.05) is 19.1 Å². The molecule has 7 nitrogen and oxygen atoms in total. The van der Waals surface area contributed by atoms with Crippen molar-refractivity contribution in [2.24, 2.45) is 5.92 Å². The van der Waals surface area contributed by atoms with Gasteiger partial charge in [-0.3, -0.25) is 19.0 Å². The Labute approximate surface area is 182 Å². The summed E-state index contributed by atoms with van der Waals surface area (Å²) in [5.41, 5.74) is 0.179. The molecule has 1 aromatic carbocycles. The quantitative estimate of drug-likeness (QED) is 0.671. The van der Waals surface area contributed by atoms with E-state index in [0.717, 1.165) is 24.2 Å². The number of aryl methyl sites for hydroxylation is 1. The number of piperidine rings is 1. The van der Waals surface area contributed by atoms with E-state index in [4.69, 9.17) is 0 Å². The topological polar surface area (TPSA) is 84.3 Å².